The van der Waals surface area contributed by atoms with Crippen LogP contribution in [-0.4, -0.2) is 18.4 Å². The van der Waals surface area contributed by atoms with Crippen molar-refractivity contribution in [3.8, 4) is 0 Å². The first-order valence-electron chi connectivity index (χ1n) is 7.02. The normalized spacial score (nSPS) is 13.6. The van der Waals surface area contributed by atoms with Gasteiger partial charge in [0.05, 0.1) is 16.4 Å². The number of hydrogen-bond acceptors (Lipinski definition) is 3. The van der Waals surface area contributed by atoms with Crippen LogP contribution in [0.15, 0.2) is 47.5 Å². The van der Waals surface area contributed by atoms with Crippen molar-refractivity contribution < 1.29 is 17.2 Å². The van der Waals surface area contributed by atoms with Crippen LogP contribution in [0.25, 0.3) is 0 Å². The fourth-order valence-corrected chi connectivity index (χ4v) is 2.57. The molecular formula is C17H16Cl2N3O-. The maximum Gasteiger partial charge on any atom is 0.255 e. The number of carbonyl (C=O) groups is 1. The summed E-state index contributed by atoms with van der Waals surface area (Å²) in [5, 5.41) is 3.75. The number of hydrogen-bond donors (Lipinski definition) is 1. The fourth-order valence-electron chi connectivity index (χ4n) is 2.39. The molecule has 0 fully saturated rings. The third-order valence-corrected chi connectivity index (χ3v) is 3.88. The number of halogens is 2. The van der Waals surface area contributed by atoms with E-state index in [-0.39, 0.29) is 24.9 Å². The summed E-state index contributed by atoms with van der Waals surface area (Å²) >= 11 is 6.17. The Kier molecular flexibility index (Phi) is 5.29. The number of nitrogens with one attached hydrogen (secondary N) is 1. The van der Waals surface area contributed by atoms with Gasteiger partial charge < -0.3 is 17.7 Å². The molecule has 1 N–H and O–H groups in total. The number of amides is 1. The summed E-state index contributed by atoms with van der Waals surface area (Å²) in [5.74, 6) is 0.454. The zero-order valence-electron chi connectivity index (χ0n) is 12.8. The predicted octanol–water partition coefficient (Wildman–Crippen LogP) is 0.776. The first-order chi connectivity index (χ1) is 10.6. The van der Waals surface area contributed by atoms with Crippen LogP contribution in [0.5, 0.6) is 0 Å². The Bertz CT molecular complexity index is 774. The van der Waals surface area contributed by atoms with E-state index < -0.39 is 0 Å². The van der Waals surface area contributed by atoms with Crippen LogP contribution in [0.3, 0.4) is 0 Å². The number of benzene rings is 2. The second-order valence-corrected chi connectivity index (χ2v) is 5.67. The van der Waals surface area contributed by atoms with Crippen molar-refractivity contribution in [2.45, 2.75) is 13.8 Å². The fraction of sp³-hybridized carbons (Fsp3) is 0.176. The highest BCUT2D eigenvalue weighted by Gasteiger charge is 2.28. The van der Waals surface area contributed by atoms with Gasteiger partial charge >= 0.3 is 0 Å². The summed E-state index contributed by atoms with van der Waals surface area (Å²) < 4.78 is 0. The van der Waals surface area contributed by atoms with Gasteiger partial charge in [-0.3, -0.25) is 4.79 Å². The summed E-state index contributed by atoms with van der Waals surface area (Å²) in [5.41, 5.74) is 3.70. The molecule has 3 rings (SSSR count). The van der Waals surface area contributed by atoms with Crippen molar-refractivity contribution in [1.82, 2.24) is 0 Å². The van der Waals surface area contributed by atoms with Crippen molar-refractivity contribution in [3.05, 3.63) is 58.6 Å². The lowest BCUT2D eigenvalue weighted by Gasteiger charge is -2.22. The van der Waals surface area contributed by atoms with E-state index in [9.17, 15) is 4.79 Å². The Morgan fingerprint density at radius 1 is 1.17 bits per heavy atom. The van der Waals surface area contributed by atoms with Crippen LogP contribution in [0.4, 0.5) is 11.4 Å². The summed E-state index contributed by atoms with van der Waals surface area (Å²) in [4.78, 5) is 18.2. The molecule has 0 saturated heterocycles. The summed E-state index contributed by atoms with van der Waals surface area (Å²) in [6, 6.07) is 13.4. The molecule has 120 valence electrons. The molecule has 2 aromatic carbocycles. The van der Waals surface area contributed by atoms with Gasteiger partial charge in [-0.15, -0.1) is 0 Å². The zero-order valence-corrected chi connectivity index (χ0v) is 14.3. The van der Waals surface area contributed by atoms with Gasteiger partial charge in [-0.25, -0.2) is 9.89 Å². The number of para-hydroxylation sites is 1. The van der Waals surface area contributed by atoms with E-state index in [4.69, 9.17) is 11.6 Å². The average Bonchev–Trinajstić information content (AvgIpc) is 2.85. The molecule has 1 heterocycles. The quantitative estimate of drug-likeness (QED) is 0.871. The van der Waals surface area contributed by atoms with E-state index in [2.05, 4.69) is 10.3 Å². The first-order valence-corrected chi connectivity index (χ1v) is 7.40. The highest BCUT2D eigenvalue weighted by molar-refractivity contribution is 6.34. The largest absolute Gasteiger partial charge is 1.00 e. The Balaban J connectivity index is 0.00000192. The van der Waals surface area contributed by atoms with Crippen molar-refractivity contribution in [1.29, 1.82) is 0 Å². The van der Waals surface area contributed by atoms with Gasteiger partial charge in [-0.05, 0) is 43.2 Å². The number of nitrogens with zero attached hydrogens (tertiary/aromatic N) is 2. The first kappa shape index (κ1) is 17.3. The molecule has 0 saturated carbocycles. The monoisotopic (exact) mass is 348 g/mol. The van der Waals surface area contributed by atoms with Gasteiger partial charge in [-0.2, -0.15) is 0 Å². The Morgan fingerprint density at radius 2 is 1.91 bits per heavy atom. The van der Waals surface area contributed by atoms with Gasteiger partial charge in [0.25, 0.3) is 5.91 Å². The molecule has 4 nitrogen and oxygen atoms in total. The van der Waals surface area contributed by atoms with Crippen LogP contribution in [0, 0.1) is 13.8 Å². The van der Waals surface area contributed by atoms with E-state index in [1.165, 1.54) is 0 Å². The van der Waals surface area contributed by atoms with E-state index in [0.29, 0.717) is 11.0 Å². The second kappa shape index (κ2) is 7.02. The molecule has 0 aromatic heterocycles. The predicted molar refractivity (Wildman–Crippen MR) is 90.8 cm³/mol. The topological polar surface area (TPSA) is 44.7 Å². The minimum Gasteiger partial charge on any atom is -1.00 e. The summed E-state index contributed by atoms with van der Waals surface area (Å²) in [6.45, 7) is 4.12. The van der Waals surface area contributed by atoms with Crippen LogP contribution in [0.1, 0.15) is 11.1 Å². The standard InChI is InChI=1S/C17H16ClN3O.ClH/c1-11-7-8-12(2)15(9-11)21-16(22)10-19-17(21)20-14-6-4-3-5-13(14)18;/h3-9H,10H2,1-2H3,(H,19,20);1H/p-1. The smallest absolute Gasteiger partial charge is 0.255 e. The molecule has 0 bridgehead atoms. The third-order valence-electron chi connectivity index (χ3n) is 3.55. The van der Waals surface area contributed by atoms with Gasteiger partial charge in [0, 0.05) is 0 Å². The molecule has 0 spiro atoms. The average molecular weight is 349 g/mol. The third kappa shape index (κ3) is 3.49. The van der Waals surface area contributed by atoms with Crippen molar-refractivity contribution in [3.63, 3.8) is 0 Å². The maximum atomic E-state index is 12.3. The summed E-state index contributed by atoms with van der Waals surface area (Å²) in [6.07, 6.45) is 0. The molecule has 23 heavy (non-hydrogen) atoms. The molecule has 1 aliphatic rings. The van der Waals surface area contributed by atoms with Crippen LogP contribution >= 0.6 is 11.6 Å². The number of anilines is 2. The lowest BCUT2D eigenvalue weighted by atomic mass is 10.1. The highest BCUT2D eigenvalue weighted by atomic mass is 35.5. The van der Waals surface area contributed by atoms with Crippen LogP contribution in [-0.2, 0) is 4.79 Å². The summed E-state index contributed by atoms with van der Waals surface area (Å²) in [7, 11) is 0. The van der Waals surface area contributed by atoms with Crippen LogP contribution < -0.4 is 22.6 Å². The molecule has 2 aromatic rings. The van der Waals surface area contributed by atoms with Crippen molar-refractivity contribution in [2.75, 3.05) is 16.8 Å². The van der Waals surface area contributed by atoms with Gasteiger partial charge in [0.2, 0.25) is 5.96 Å². The number of aryl methyl sites for hydroxylation is 2. The van der Waals surface area contributed by atoms with Crippen molar-refractivity contribution >= 4 is 34.8 Å². The SMILES string of the molecule is Cc1ccc(C)c(N2C(=O)CN=C2Nc2ccccc2Cl)c1.[Cl-]. The number of guanidine groups is 1. The number of rotatable bonds is 2. The van der Waals surface area contributed by atoms with E-state index >= 15 is 0 Å². The maximum absolute atomic E-state index is 12.3. The lowest BCUT2D eigenvalue weighted by Crippen LogP contribution is -3.00. The molecule has 0 aliphatic carbocycles. The molecule has 6 heteroatoms. The minimum atomic E-state index is -0.0525. The van der Waals surface area contributed by atoms with Gasteiger partial charge in [0.1, 0.15) is 6.54 Å². The van der Waals surface area contributed by atoms with Crippen molar-refractivity contribution in [2.24, 2.45) is 4.99 Å². The number of carbonyl (C=O) groups excluding carboxylic acids is 1. The molecule has 0 radical (unpaired) electrons. The Morgan fingerprint density at radius 3 is 2.65 bits per heavy atom. The van der Waals surface area contributed by atoms with E-state index in [1.54, 1.807) is 11.0 Å². The minimum absolute atomic E-state index is 0. The molecular weight excluding hydrogens is 333 g/mol. The van der Waals surface area contributed by atoms with E-state index in [1.807, 2.05) is 50.2 Å². The molecule has 0 unspecified atom stereocenters. The molecule has 1 aliphatic heterocycles. The molecule has 1 amide bonds. The second-order valence-electron chi connectivity index (χ2n) is 5.26. The van der Waals surface area contributed by atoms with Crippen LogP contribution in [0.2, 0.25) is 5.02 Å². The lowest BCUT2D eigenvalue weighted by molar-refractivity contribution is -0.115. The Hall–Kier alpha value is -2.04. The number of aliphatic imine (C=N–C) groups is 1. The zero-order chi connectivity index (χ0) is 15.7. The van der Waals surface area contributed by atoms with E-state index in [0.717, 1.165) is 22.5 Å². The van der Waals surface area contributed by atoms with Gasteiger partial charge in [-0.1, -0.05) is 35.9 Å². The van der Waals surface area contributed by atoms with Gasteiger partial charge in [0.15, 0.2) is 0 Å². The molecule has 0 atom stereocenters. The highest BCUT2D eigenvalue weighted by Crippen LogP contribution is 2.27. The Labute approximate surface area is 146 Å².